The number of ether oxygens (including phenoxy) is 1. The van der Waals surface area contributed by atoms with E-state index in [9.17, 15) is 22.4 Å². The van der Waals surface area contributed by atoms with Crippen LogP contribution in [-0.2, 0) is 27.7 Å². The Bertz CT molecular complexity index is 1250. The van der Waals surface area contributed by atoms with Crippen molar-refractivity contribution >= 4 is 11.9 Å². The van der Waals surface area contributed by atoms with E-state index in [1.165, 1.54) is 18.0 Å². The second kappa shape index (κ2) is 8.79. The van der Waals surface area contributed by atoms with E-state index in [4.69, 9.17) is 15.5 Å². The molecule has 1 aromatic carbocycles. The Hall–Kier alpha value is -3.01. The summed E-state index contributed by atoms with van der Waals surface area (Å²) in [4.78, 5) is 24.4. The van der Waals surface area contributed by atoms with Gasteiger partial charge in [-0.1, -0.05) is 12.1 Å². The number of hydrogen-bond acceptors (Lipinski definition) is 5. The summed E-state index contributed by atoms with van der Waals surface area (Å²) in [6.07, 6.45) is -1.13. The maximum atomic E-state index is 14.2. The summed E-state index contributed by atoms with van der Waals surface area (Å²) in [7, 11) is 0. The second-order valence-corrected chi connectivity index (χ2v) is 10.6. The Morgan fingerprint density at radius 3 is 2.41 bits per heavy atom. The van der Waals surface area contributed by atoms with Crippen LogP contribution in [0.2, 0.25) is 0 Å². The fraction of sp³-hybridized carbons (Fsp3) is 0.519. The zero-order valence-corrected chi connectivity index (χ0v) is 21.0. The molecule has 0 saturated heterocycles. The van der Waals surface area contributed by atoms with Crippen molar-refractivity contribution < 1.29 is 27.1 Å². The molecule has 5 rings (SSSR count). The first-order valence-electron chi connectivity index (χ1n) is 12.5. The number of pyridine rings is 1. The van der Waals surface area contributed by atoms with Crippen molar-refractivity contribution in [2.45, 2.75) is 83.1 Å². The minimum atomic E-state index is -4.53. The summed E-state index contributed by atoms with van der Waals surface area (Å²) >= 11 is 0. The number of halogens is 4. The van der Waals surface area contributed by atoms with Crippen LogP contribution in [0.25, 0.3) is 11.1 Å². The van der Waals surface area contributed by atoms with Gasteiger partial charge in [-0.25, -0.2) is 9.38 Å². The SMILES string of the molecule is CC(F)OC1CCC2(CC1)Cc1ccc(-c3cncc(C(F)(F)F)c3)cc1C21N=C(N)N(C(C)C)C1=O. The van der Waals surface area contributed by atoms with Gasteiger partial charge in [0.05, 0.1) is 11.7 Å². The zero-order chi connectivity index (χ0) is 26.8. The fourth-order valence-electron chi connectivity index (χ4n) is 6.43. The monoisotopic (exact) mass is 518 g/mol. The number of guanidine groups is 1. The molecular formula is C27H30F4N4O2. The van der Waals surface area contributed by atoms with Gasteiger partial charge in [-0.05, 0) is 81.7 Å². The van der Waals surface area contributed by atoms with Gasteiger partial charge in [0.25, 0.3) is 5.91 Å². The number of aliphatic imine (C=N–C) groups is 1. The molecule has 2 aliphatic carbocycles. The number of rotatable bonds is 4. The van der Waals surface area contributed by atoms with Crippen LogP contribution >= 0.6 is 0 Å². The second-order valence-electron chi connectivity index (χ2n) is 10.6. The Kier molecular flexibility index (Phi) is 6.09. The highest BCUT2D eigenvalue weighted by molar-refractivity contribution is 6.08. The molecule has 0 radical (unpaired) electrons. The predicted octanol–water partition coefficient (Wildman–Crippen LogP) is 5.35. The van der Waals surface area contributed by atoms with Crippen molar-refractivity contribution in [3.63, 3.8) is 0 Å². The van der Waals surface area contributed by atoms with Gasteiger partial charge in [0.2, 0.25) is 0 Å². The van der Waals surface area contributed by atoms with E-state index in [1.54, 1.807) is 12.1 Å². The lowest BCUT2D eigenvalue weighted by atomic mass is 9.61. The van der Waals surface area contributed by atoms with Crippen LogP contribution in [0, 0.1) is 5.41 Å². The third kappa shape index (κ3) is 4.00. The molecule has 1 amide bonds. The molecule has 198 valence electrons. The molecule has 2 heterocycles. The van der Waals surface area contributed by atoms with Gasteiger partial charge in [0.1, 0.15) is 0 Å². The highest BCUT2D eigenvalue weighted by atomic mass is 19.4. The van der Waals surface area contributed by atoms with E-state index in [2.05, 4.69) is 4.98 Å². The molecule has 1 aliphatic heterocycles. The number of benzene rings is 1. The molecule has 2 N–H and O–H groups in total. The van der Waals surface area contributed by atoms with Crippen molar-refractivity contribution in [3.8, 4) is 11.1 Å². The number of nitrogens with zero attached hydrogens (tertiary/aromatic N) is 3. The predicted molar refractivity (Wildman–Crippen MR) is 130 cm³/mol. The first-order chi connectivity index (χ1) is 17.4. The molecule has 37 heavy (non-hydrogen) atoms. The maximum Gasteiger partial charge on any atom is 0.417 e. The Morgan fingerprint density at radius 2 is 1.81 bits per heavy atom. The largest absolute Gasteiger partial charge is 0.417 e. The molecule has 2 spiro atoms. The van der Waals surface area contributed by atoms with Gasteiger partial charge in [-0.15, -0.1) is 0 Å². The topological polar surface area (TPSA) is 80.8 Å². The smallest absolute Gasteiger partial charge is 0.369 e. The molecule has 10 heteroatoms. The summed E-state index contributed by atoms with van der Waals surface area (Å²) in [6.45, 7) is 5.08. The standard InChI is InChI=1S/C27H30F4N4O2/c1-15(2)35-23(36)26(34-24(35)32)22-11-17(19-10-20(14-33-13-19)27(29,30)31)4-5-18(22)12-25(26)8-6-21(7-9-25)37-16(3)28/h4-5,10-11,13-16,21H,6-9,12H2,1-3H3,(H2,32,34). The summed E-state index contributed by atoms with van der Waals surface area (Å²) < 4.78 is 59.0. The highest BCUT2D eigenvalue weighted by Gasteiger charge is 2.67. The molecule has 2 unspecified atom stereocenters. The lowest BCUT2D eigenvalue weighted by molar-refractivity contribution is -0.142. The van der Waals surface area contributed by atoms with Gasteiger partial charge in [-0.2, -0.15) is 13.2 Å². The molecule has 1 saturated carbocycles. The molecule has 1 aromatic heterocycles. The number of alkyl halides is 4. The number of nitrogens with two attached hydrogens (primary N) is 1. The number of carbonyl (C=O) groups excluding carboxylic acids is 1. The third-order valence-corrected chi connectivity index (χ3v) is 8.04. The van der Waals surface area contributed by atoms with E-state index in [0.717, 1.165) is 17.8 Å². The van der Waals surface area contributed by atoms with Crippen molar-refractivity contribution in [3.05, 3.63) is 53.3 Å². The molecule has 2 aromatic rings. The lowest BCUT2D eigenvalue weighted by Gasteiger charge is -2.45. The van der Waals surface area contributed by atoms with Crippen LogP contribution in [0.1, 0.15) is 63.1 Å². The number of fused-ring (bicyclic) bond motifs is 3. The van der Waals surface area contributed by atoms with E-state index < -0.39 is 29.1 Å². The fourth-order valence-corrected chi connectivity index (χ4v) is 6.43. The van der Waals surface area contributed by atoms with E-state index in [1.807, 2.05) is 19.9 Å². The van der Waals surface area contributed by atoms with Crippen LogP contribution in [0.3, 0.4) is 0 Å². The van der Waals surface area contributed by atoms with Crippen molar-refractivity contribution in [1.82, 2.24) is 9.88 Å². The van der Waals surface area contributed by atoms with Gasteiger partial charge in [0.15, 0.2) is 17.9 Å². The Morgan fingerprint density at radius 1 is 1.11 bits per heavy atom. The van der Waals surface area contributed by atoms with Crippen molar-refractivity contribution in [2.24, 2.45) is 16.1 Å². The number of carbonyl (C=O) groups is 1. The summed E-state index contributed by atoms with van der Waals surface area (Å²) in [6, 6.07) is 6.23. The molecule has 2 atom stereocenters. The maximum absolute atomic E-state index is 14.2. The summed E-state index contributed by atoms with van der Waals surface area (Å²) in [5.74, 6) is -0.0922. The number of amides is 1. The van der Waals surface area contributed by atoms with Crippen LogP contribution in [0.5, 0.6) is 0 Å². The van der Waals surface area contributed by atoms with Crippen molar-refractivity contribution in [2.75, 3.05) is 0 Å². The normalized spacial score (nSPS) is 28.3. The molecule has 6 nitrogen and oxygen atoms in total. The quantitative estimate of drug-likeness (QED) is 0.554. The molecular weight excluding hydrogens is 488 g/mol. The van der Waals surface area contributed by atoms with Gasteiger partial charge < -0.3 is 10.5 Å². The summed E-state index contributed by atoms with van der Waals surface area (Å²) in [5, 5.41) is 0. The molecule has 1 fully saturated rings. The summed E-state index contributed by atoms with van der Waals surface area (Å²) in [5.41, 5.74) is 5.98. The first-order valence-corrected chi connectivity index (χ1v) is 12.5. The number of hydrogen-bond donors (Lipinski definition) is 1. The van der Waals surface area contributed by atoms with Gasteiger partial charge in [0, 0.05) is 29.4 Å². The average Bonchev–Trinajstić information content (AvgIpc) is 3.25. The Balaban J connectivity index is 1.62. The molecule has 0 bridgehead atoms. The average molecular weight is 519 g/mol. The number of aromatic nitrogens is 1. The zero-order valence-electron chi connectivity index (χ0n) is 21.0. The van der Waals surface area contributed by atoms with Crippen molar-refractivity contribution in [1.29, 1.82) is 0 Å². The van der Waals surface area contributed by atoms with E-state index in [0.29, 0.717) is 48.8 Å². The van der Waals surface area contributed by atoms with Crippen LogP contribution in [-0.4, -0.2) is 40.3 Å². The Labute approximate surface area is 212 Å². The van der Waals surface area contributed by atoms with Gasteiger partial charge >= 0.3 is 6.18 Å². The van der Waals surface area contributed by atoms with Crippen LogP contribution < -0.4 is 5.73 Å². The van der Waals surface area contributed by atoms with Crippen LogP contribution in [0.4, 0.5) is 17.6 Å². The van der Waals surface area contributed by atoms with E-state index >= 15 is 0 Å². The lowest BCUT2D eigenvalue weighted by Crippen LogP contribution is -2.53. The first kappa shape index (κ1) is 25.6. The van der Waals surface area contributed by atoms with Gasteiger partial charge in [-0.3, -0.25) is 14.7 Å². The highest BCUT2D eigenvalue weighted by Crippen LogP contribution is 2.62. The van der Waals surface area contributed by atoms with Crippen LogP contribution in [0.15, 0.2) is 41.7 Å². The minimum absolute atomic E-state index is 0.133. The minimum Gasteiger partial charge on any atom is -0.369 e. The molecule has 3 aliphatic rings. The third-order valence-electron chi connectivity index (χ3n) is 8.04. The van der Waals surface area contributed by atoms with E-state index in [-0.39, 0.29) is 24.0 Å².